The van der Waals surface area contributed by atoms with Crippen LogP contribution in [0.5, 0.6) is 0 Å². The molecular weight excluding hydrogens is 1120 g/mol. The van der Waals surface area contributed by atoms with E-state index >= 15 is 0 Å². The third kappa shape index (κ3) is 29.2. The summed E-state index contributed by atoms with van der Waals surface area (Å²) in [5, 5.41) is 18.5. The Labute approximate surface area is 608 Å². The molecule has 0 fully saturated rings. The summed E-state index contributed by atoms with van der Waals surface area (Å²) in [6.45, 7) is 20.7. The van der Waals surface area contributed by atoms with Crippen molar-refractivity contribution in [2.24, 2.45) is 0 Å². The minimum atomic E-state index is -0.805. The summed E-state index contributed by atoms with van der Waals surface area (Å²) in [6.07, 6.45) is 10.9. The molecule has 0 aliphatic heterocycles. The molecule has 9 rings (SSSR count). The van der Waals surface area contributed by atoms with Gasteiger partial charge in [0.15, 0.2) is 0 Å². The smallest absolute Gasteiger partial charge is 0.470 e. The van der Waals surface area contributed by atoms with Crippen LogP contribution in [-0.4, -0.2) is 39.4 Å². The molecule has 0 bridgehead atoms. The van der Waals surface area contributed by atoms with E-state index in [-0.39, 0.29) is 188 Å². The van der Waals surface area contributed by atoms with E-state index < -0.39 is 17.5 Å². The van der Waals surface area contributed by atoms with E-state index in [4.69, 9.17) is 13.6 Å². The number of amides is 3. The first kappa shape index (κ1) is 75.5. The Hall–Kier alpha value is -3.52. The minimum Gasteiger partial charge on any atom is -0.470 e. The predicted octanol–water partition coefficient (Wildman–Crippen LogP) is 6.11. The van der Waals surface area contributed by atoms with E-state index in [1.54, 1.807) is 78.5 Å². The van der Waals surface area contributed by atoms with E-state index in [0.717, 1.165) is 46.0 Å². The van der Waals surface area contributed by atoms with Crippen LogP contribution in [0.3, 0.4) is 0 Å². The van der Waals surface area contributed by atoms with Gasteiger partial charge in [0, 0.05) is 22.1 Å². The van der Waals surface area contributed by atoms with E-state index in [9.17, 15) is 23.2 Å². The number of benzene rings is 6. The maximum absolute atomic E-state index is 13.3. The van der Waals surface area contributed by atoms with Gasteiger partial charge < -0.3 is 29.5 Å². The van der Waals surface area contributed by atoms with Crippen molar-refractivity contribution in [3.05, 3.63) is 246 Å². The van der Waals surface area contributed by atoms with Gasteiger partial charge in [0.2, 0.25) is 5.91 Å². The van der Waals surface area contributed by atoms with Crippen molar-refractivity contribution >= 4 is 46.5 Å². The Balaban J connectivity index is 0.000000494. The van der Waals surface area contributed by atoms with Crippen molar-refractivity contribution in [3.8, 4) is 0 Å². The molecule has 18 heteroatoms. The van der Waals surface area contributed by atoms with Gasteiger partial charge in [-0.05, 0) is 100 Å². The van der Waals surface area contributed by atoms with Crippen LogP contribution in [0.4, 0.5) is 25.8 Å². The second-order valence-corrected chi connectivity index (χ2v) is 20.7. The van der Waals surface area contributed by atoms with Crippen LogP contribution in [0, 0.1) is 48.4 Å². The summed E-state index contributed by atoms with van der Waals surface area (Å²) in [7, 11) is 0. The van der Waals surface area contributed by atoms with Gasteiger partial charge in [-0.3, -0.25) is 14.4 Å². The zero-order chi connectivity index (χ0) is 57.1. The quantitative estimate of drug-likeness (QED) is 0.0920. The molecule has 3 aromatic heterocycles. The van der Waals surface area contributed by atoms with E-state index in [1.807, 2.05) is 79.1 Å². The number of aromatic nitrogens is 3. The molecule has 0 radical (unpaired) electrons. The summed E-state index contributed by atoms with van der Waals surface area (Å²) in [5.41, 5.74) is 4.65. The Kier molecular flexibility index (Phi) is 36.5. The normalized spacial score (nSPS) is 10.2. The Morgan fingerprint density at radius 1 is 0.494 bits per heavy atom. The zero-order valence-electron chi connectivity index (χ0n) is 48.7. The number of hydrogen-bond acceptors (Lipinski definition) is 10. The fraction of sp³-hybridized carbons (Fsp3) is 0.238. The van der Waals surface area contributed by atoms with Crippen molar-refractivity contribution in [2.75, 3.05) is 22.2 Å². The van der Waals surface area contributed by atoms with Crippen molar-refractivity contribution in [2.45, 2.75) is 96.8 Å². The molecule has 0 aliphatic rings. The van der Waals surface area contributed by atoms with E-state index in [1.165, 1.54) is 11.6 Å². The van der Waals surface area contributed by atoms with E-state index in [2.05, 4.69) is 137 Å². The van der Waals surface area contributed by atoms with Crippen molar-refractivity contribution < 1.29 is 191 Å². The largest absolute Gasteiger partial charge is 1.00 e. The average molecular weight is 1190 g/mol. The summed E-state index contributed by atoms with van der Waals surface area (Å²) < 4.78 is 40.6. The summed E-state index contributed by atoms with van der Waals surface area (Å²) >= 11 is 1.66. The van der Waals surface area contributed by atoms with E-state index in [0.29, 0.717) is 22.8 Å². The molecule has 0 saturated carbocycles. The molecular formula is C63H64F2K3N6O6S-3. The van der Waals surface area contributed by atoms with Crippen LogP contribution in [0.1, 0.15) is 123 Å². The molecule has 0 aliphatic carbocycles. The fourth-order valence-corrected chi connectivity index (χ4v) is 6.33. The first-order valence-corrected chi connectivity index (χ1v) is 25.8. The Bertz CT molecular complexity index is 2920. The standard InChI is InChI=1S/C15H14NO.C14H12NOS.C13H8F2NO.3C7H10NO.3K/c1-2-12-8-10-13(11-9-12)15(17)16-14-6-4-3-5-7-14;1-17-13-9-7-11(8-10-13)14(16)15-12-5-3-2-4-6-12;14-10-6-7-12(11(15)8-10)16-13(17)9-4-2-1-3-5-9;3*1-7(2,3)6-4-5-8-9-6;;;/h4-11H,2H2,1H3,(H,16,17);3-10H,1H3,(H,15,16);2-8H,(H,16,17);3*4H,1-3H3;;;/q6*-1;3*+1. The van der Waals surface area contributed by atoms with Gasteiger partial charge in [-0.2, -0.15) is 84.9 Å². The zero-order valence-corrected chi connectivity index (χ0v) is 58.9. The number of rotatable bonds is 8. The number of halogens is 2. The first-order valence-electron chi connectivity index (χ1n) is 24.6. The molecule has 6 aromatic carbocycles. The molecule has 3 amide bonds. The SMILES string of the molecule is CC(C)(C)c1c[c-]no1.CC(C)(C)c1c[c-]no1.CC(C)(C)c1c[c-]no1.CCc1ccc(C(=O)Nc2cc[c-]cc2)cc1.CSc1ccc(C(=O)Nc2cc[c-]cc2)cc1.O=C(Nc1ccc(F)cc1F)c1cc[c-]cc1.[K+].[K+].[K+]. The fourth-order valence-electron chi connectivity index (χ4n) is 5.93. The topological polar surface area (TPSA) is 165 Å². The van der Waals surface area contributed by atoms with Crippen molar-refractivity contribution in [1.29, 1.82) is 0 Å². The summed E-state index contributed by atoms with van der Waals surface area (Å²) in [4.78, 5) is 36.6. The molecule has 9 aromatic rings. The number of anilines is 3. The van der Waals surface area contributed by atoms with Gasteiger partial charge in [-0.25, -0.2) is 24.3 Å². The number of carbonyl (C=O) groups is 3. The van der Waals surface area contributed by atoms with Gasteiger partial charge in [-0.1, -0.05) is 98.3 Å². The molecule has 0 spiro atoms. The number of thioether (sulfide) groups is 1. The Morgan fingerprint density at radius 2 is 0.840 bits per heavy atom. The number of carbonyl (C=O) groups excluding carboxylic acids is 3. The molecule has 0 saturated heterocycles. The minimum absolute atomic E-state index is 0. The summed E-state index contributed by atoms with van der Waals surface area (Å²) in [6, 6.07) is 52.7. The molecule has 0 unspecified atom stereocenters. The maximum Gasteiger partial charge on any atom is 1.00 e. The van der Waals surface area contributed by atoms with Gasteiger partial charge in [0.25, 0.3) is 11.8 Å². The monoisotopic (exact) mass is 1190 g/mol. The molecule has 12 nitrogen and oxygen atoms in total. The third-order valence-electron chi connectivity index (χ3n) is 10.5. The molecule has 3 heterocycles. The number of hydrogen-bond donors (Lipinski definition) is 3. The summed E-state index contributed by atoms with van der Waals surface area (Å²) in [5.74, 6) is 0.510. The average Bonchev–Trinajstić information content (AvgIpc) is 4.28. The Morgan fingerprint density at radius 3 is 1.15 bits per heavy atom. The number of nitrogens with zero attached hydrogens (tertiary/aromatic N) is 3. The van der Waals surface area contributed by atoms with Crippen LogP contribution >= 0.6 is 11.8 Å². The van der Waals surface area contributed by atoms with Crippen LogP contribution < -0.4 is 170 Å². The van der Waals surface area contributed by atoms with Gasteiger partial charge >= 0.3 is 154 Å². The predicted molar refractivity (Wildman–Crippen MR) is 302 cm³/mol. The van der Waals surface area contributed by atoms with Gasteiger partial charge in [0.05, 0.1) is 5.69 Å². The van der Waals surface area contributed by atoms with Gasteiger partial charge in [0.1, 0.15) is 11.6 Å². The van der Waals surface area contributed by atoms with Crippen LogP contribution in [0.2, 0.25) is 0 Å². The maximum atomic E-state index is 13.3. The third-order valence-corrected chi connectivity index (χ3v) is 11.2. The van der Waals surface area contributed by atoms with Crippen LogP contribution in [-0.2, 0) is 22.7 Å². The van der Waals surface area contributed by atoms with Crippen molar-refractivity contribution in [1.82, 2.24) is 15.5 Å². The molecule has 408 valence electrons. The van der Waals surface area contributed by atoms with Crippen LogP contribution in [0.25, 0.3) is 0 Å². The molecule has 0 atom stereocenters. The molecule has 3 N–H and O–H groups in total. The molecule has 81 heavy (non-hydrogen) atoms. The second kappa shape index (κ2) is 39.2. The first-order chi connectivity index (χ1) is 37.1. The second-order valence-electron chi connectivity index (χ2n) is 19.8. The van der Waals surface area contributed by atoms with Crippen LogP contribution in [0.15, 0.2) is 176 Å². The van der Waals surface area contributed by atoms with Crippen molar-refractivity contribution in [3.63, 3.8) is 0 Å². The number of aryl methyl sites for hydroxylation is 1. The number of nitrogens with one attached hydrogen (secondary N) is 3. The van der Waals surface area contributed by atoms with Gasteiger partial charge in [-0.15, -0.1) is 54.6 Å².